The fourth-order valence-corrected chi connectivity index (χ4v) is 5.56. The molecule has 5 heteroatoms. The summed E-state index contributed by atoms with van der Waals surface area (Å²) in [5.74, 6) is 0. The van der Waals surface area contributed by atoms with E-state index in [4.69, 9.17) is 0 Å². The van der Waals surface area contributed by atoms with E-state index in [1.807, 2.05) is 84.9 Å². The van der Waals surface area contributed by atoms with Gasteiger partial charge in [0.25, 0.3) is 0 Å². The highest BCUT2D eigenvalue weighted by atomic mass is 31.2. The van der Waals surface area contributed by atoms with E-state index in [1.54, 1.807) is 0 Å². The van der Waals surface area contributed by atoms with Gasteiger partial charge in [-0.3, -0.25) is 4.57 Å². The summed E-state index contributed by atoms with van der Waals surface area (Å²) in [6.07, 6.45) is 0.246. The van der Waals surface area contributed by atoms with E-state index >= 15 is 0 Å². The van der Waals surface area contributed by atoms with Crippen molar-refractivity contribution in [3.8, 4) is 0 Å². The van der Waals surface area contributed by atoms with Crippen molar-refractivity contribution < 1.29 is 9.46 Å². The first kappa shape index (κ1) is 22.8. The third-order valence-electron chi connectivity index (χ3n) is 5.52. The van der Waals surface area contributed by atoms with Gasteiger partial charge in [-0.15, -0.1) is 0 Å². The highest BCUT2D eigenvalue weighted by Crippen LogP contribution is 2.50. The minimum absolute atomic E-state index is 0.123. The average molecular weight is 457 g/mol. The molecule has 3 N–H and O–H groups in total. The molecule has 0 saturated heterocycles. The fraction of sp³-hybridized carbons (Fsp3) is 0.143. The van der Waals surface area contributed by atoms with Crippen LogP contribution in [0.2, 0.25) is 0 Å². The predicted octanol–water partition coefficient (Wildman–Crippen LogP) is 6.88. The van der Waals surface area contributed by atoms with Crippen LogP contribution < -0.4 is 10.6 Å². The molecule has 33 heavy (non-hydrogen) atoms. The lowest BCUT2D eigenvalue weighted by atomic mass is 10.1. The van der Waals surface area contributed by atoms with Gasteiger partial charge < -0.3 is 15.5 Å². The summed E-state index contributed by atoms with van der Waals surface area (Å²) in [7, 11) is -3.46. The molecule has 0 radical (unpaired) electrons. The van der Waals surface area contributed by atoms with Crippen molar-refractivity contribution in [2.45, 2.75) is 25.4 Å². The number of benzene rings is 4. The van der Waals surface area contributed by atoms with Gasteiger partial charge in [0.05, 0.1) is 12.3 Å². The molecule has 4 aromatic carbocycles. The minimum Gasteiger partial charge on any atom is -0.381 e. The van der Waals surface area contributed by atoms with Gasteiger partial charge in [-0.1, -0.05) is 97.1 Å². The zero-order valence-corrected chi connectivity index (χ0v) is 19.4. The molecule has 168 valence electrons. The summed E-state index contributed by atoms with van der Waals surface area (Å²) in [5, 5.41) is 6.84. The molecule has 0 aliphatic carbocycles. The number of nitrogens with one attached hydrogen (secondary N) is 2. The summed E-state index contributed by atoms with van der Waals surface area (Å²) in [6, 6.07) is 35.8. The highest BCUT2D eigenvalue weighted by Gasteiger charge is 2.22. The standard InChI is InChI=1S/C28H29N2O2P/c31-33(32,21-25-15-7-9-17-27(25)29-19-23-11-3-1-4-12-23)22-26-16-8-10-18-28(26)30-20-24-13-5-2-6-14-24/h1-18,29-30H,19-22H2,(H,31,32). The van der Waals surface area contributed by atoms with E-state index < -0.39 is 7.37 Å². The normalized spacial score (nSPS) is 11.2. The second-order valence-electron chi connectivity index (χ2n) is 8.16. The Morgan fingerprint density at radius 2 is 0.909 bits per heavy atom. The van der Waals surface area contributed by atoms with Crippen molar-refractivity contribution >= 4 is 18.7 Å². The molecule has 0 amide bonds. The summed E-state index contributed by atoms with van der Waals surface area (Å²) in [6.45, 7) is 1.33. The molecule has 0 aliphatic heterocycles. The van der Waals surface area contributed by atoms with Crippen molar-refractivity contribution in [3.63, 3.8) is 0 Å². The predicted molar refractivity (Wildman–Crippen MR) is 138 cm³/mol. The Kier molecular flexibility index (Phi) is 7.62. The molecule has 0 heterocycles. The van der Waals surface area contributed by atoms with Gasteiger partial charge in [0.2, 0.25) is 7.37 Å². The maximum Gasteiger partial charge on any atom is 0.209 e. The molecule has 0 atom stereocenters. The lowest BCUT2D eigenvalue weighted by Crippen LogP contribution is -2.05. The number of hydrogen-bond acceptors (Lipinski definition) is 3. The number of hydrogen-bond donors (Lipinski definition) is 3. The Morgan fingerprint density at radius 3 is 1.33 bits per heavy atom. The summed E-state index contributed by atoms with van der Waals surface area (Å²) in [5.41, 5.74) is 5.83. The molecule has 0 spiro atoms. The smallest absolute Gasteiger partial charge is 0.209 e. The van der Waals surface area contributed by atoms with Gasteiger partial charge in [-0.05, 0) is 34.4 Å². The molecule has 0 bridgehead atoms. The van der Waals surface area contributed by atoms with Crippen LogP contribution in [0, 0.1) is 0 Å². The van der Waals surface area contributed by atoms with Gasteiger partial charge in [0, 0.05) is 24.5 Å². The zero-order valence-electron chi connectivity index (χ0n) is 18.5. The fourth-order valence-electron chi connectivity index (χ4n) is 3.84. The summed E-state index contributed by atoms with van der Waals surface area (Å²) >= 11 is 0. The van der Waals surface area contributed by atoms with Crippen molar-refractivity contribution in [3.05, 3.63) is 131 Å². The lowest BCUT2D eigenvalue weighted by Gasteiger charge is -2.18. The van der Waals surface area contributed by atoms with Gasteiger partial charge in [-0.2, -0.15) is 0 Å². The SMILES string of the molecule is O=P(O)(Cc1ccccc1NCc1ccccc1)Cc1ccccc1NCc1ccccc1. The minimum atomic E-state index is -3.46. The second kappa shape index (κ2) is 11.0. The lowest BCUT2D eigenvalue weighted by molar-refractivity contribution is 0.475. The van der Waals surface area contributed by atoms with E-state index in [0.717, 1.165) is 33.6 Å². The van der Waals surface area contributed by atoms with E-state index in [0.29, 0.717) is 13.1 Å². The first-order valence-electron chi connectivity index (χ1n) is 11.1. The van der Waals surface area contributed by atoms with Crippen LogP contribution in [0.25, 0.3) is 0 Å². The molecule has 0 unspecified atom stereocenters. The molecule has 4 nitrogen and oxygen atoms in total. The molecular weight excluding hydrogens is 427 g/mol. The van der Waals surface area contributed by atoms with Crippen molar-refractivity contribution in [1.82, 2.24) is 0 Å². The molecular formula is C28H29N2O2P. The van der Waals surface area contributed by atoms with E-state index in [9.17, 15) is 9.46 Å². The third kappa shape index (κ3) is 6.82. The largest absolute Gasteiger partial charge is 0.381 e. The van der Waals surface area contributed by atoms with Gasteiger partial charge in [-0.25, -0.2) is 0 Å². The van der Waals surface area contributed by atoms with Gasteiger partial charge in [0.15, 0.2) is 0 Å². The van der Waals surface area contributed by atoms with Crippen LogP contribution in [0.1, 0.15) is 22.3 Å². The molecule has 0 fully saturated rings. The van der Waals surface area contributed by atoms with Crippen LogP contribution in [0.4, 0.5) is 11.4 Å². The third-order valence-corrected chi connectivity index (χ3v) is 7.19. The maximum atomic E-state index is 13.3. The average Bonchev–Trinajstić information content (AvgIpc) is 2.84. The summed E-state index contributed by atoms with van der Waals surface area (Å²) in [4.78, 5) is 10.9. The first-order chi connectivity index (χ1) is 16.1. The first-order valence-corrected chi connectivity index (χ1v) is 13.1. The van der Waals surface area contributed by atoms with Crippen molar-refractivity contribution in [1.29, 1.82) is 0 Å². The molecule has 0 aromatic heterocycles. The van der Waals surface area contributed by atoms with E-state index in [-0.39, 0.29) is 12.3 Å². The number of anilines is 2. The Bertz CT molecular complexity index is 1120. The highest BCUT2D eigenvalue weighted by molar-refractivity contribution is 7.56. The van der Waals surface area contributed by atoms with Crippen molar-refractivity contribution in [2.75, 3.05) is 10.6 Å². The Morgan fingerprint density at radius 1 is 0.545 bits per heavy atom. The zero-order chi connectivity index (χ0) is 22.9. The number of rotatable bonds is 10. The van der Waals surface area contributed by atoms with Crippen LogP contribution in [-0.2, 0) is 30.0 Å². The van der Waals surface area contributed by atoms with Crippen LogP contribution in [-0.4, -0.2) is 4.89 Å². The van der Waals surface area contributed by atoms with Gasteiger partial charge in [0.1, 0.15) is 0 Å². The van der Waals surface area contributed by atoms with Crippen molar-refractivity contribution in [2.24, 2.45) is 0 Å². The second-order valence-corrected chi connectivity index (χ2v) is 10.5. The van der Waals surface area contributed by atoms with Crippen LogP contribution in [0.5, 0.6) is 0 Å². The molecule has 4 rings (SSSR count). The number of para-hydroxylation sites is 2. The van der Waals surface area contributed by atoms with Crippen LogP contribution in [0.3, 0.4) is 0 Å². The van der Waals surface area contributed by atoms with E-state index in [1.165, 1.54) is 0 Å². The monoisotopic (exact) mass is 456 g/mol. The Labute approximate surface area is 195 Å². The molecule has 0 saturated carbocycles. The van der Waals surface area contributed by atoms with Gasteiger partial charge >= 0.3 is 0 Å². The maximum absolute atomic E-state index is 13.3. The quantitative estimate of drug-likeness (QED) is 0.228. The van der Waals surface area contributed by atoms with Crippen LogP contribution in [0.15, 0.2) is 109 Å². The summed E-state index contributed by atoms with van der Waals surface area (Å²) < 4.78 is 13.3. The van der Waals surface area contributed by atoms with E-state index in [2.05, 4.69) is 34.9 Å². The topological polar surface area (TPSA) is 61.4 Å². The Balaban J connectivity index is 1.44. The molecule has 0 aliphatic rings. The molecule has 4 aromatic rings. The van der Waals surface area contributed by atoms with Crippen LogP contribution >= 0.6 is 7.37 Å². The Hall–Kier alpha value is -3.33.